The molecule has 1 aliphatic rings. The third-order valence-corrected chi connectivity index (χ3v) is 3.64. The summed E-state index contributed by atoms with van der Waals surface area (Å²) in [6.07, 6.45) is 4.96. The van der Waals surface area contributed by atoms with E-state index in [9.17, 15) is 0 Å². The van der Waals surface area contributed by atoms with Gasteiger partial charge < -0.3 is 5.32 Å². The predicted octanol–water partition coefficient (Wildman–Crippen LogP) is 2.01. The summed E-state index contributed by atoms with van der Waals surface area (Å²) < 4.78 is 2.18. The number of aryl methyl sites for hydroxylation is 2. The molecule has 0 atom stereocenters. The van der Waals surface area contributed by atoms with E-state index < -0.39 is 0 Å². The second-order valence-electron chi connectivity index (χ2n) is 5.00. The Bertz CT molecular complexity index is 350. The van der Waals surface area contributed by atoms with Gasteiger partial charge in [0.25, 0.3) is 0 Å². The van der Waals surface area contributed by atoms with Crippen LogP contribution in [0.3, 0.4) is 0 Å². The van der Waals surface area contributed by atoms with Crippen molar-refractivity contribution in [2.75, 3.05) is 13.6 Å². The van der Waals surface area contributed by atoms with Crippen LogP contribution in [0.1, 0.15) is 38.1 Å². The molecule has 1 saturated carbocycles. The smallest absolute Gasteiger partial charge is 0.0624 e. The molecule has 1 aliphatic carbocycles. The number of hydrogen-bond donors (Lipinski definition) is 1. The molecule has 0 radical (unpaired) electrons. The predicted molar refractivity (Wildman–Crippen MR) is 66.6 cm³/mol. The van der Waals surface area contributed by atoms with Crippen molar-refractivity contribution < 1.29 is 0 Å². The molecule has 90 valence electrons. The summed E-state index contributed by atoms with van der Waals surface area (Å²) in [5.41, 5.74) is 3.19. The average Bonchev–Trinajstić information content (AvgIpc) is 2.92. The first-order valence-corrected chi connectivity index (χ1v) is 6.43. The lowest BCUT2D eigenvalue weighted by atomic mass is 10.00. The van der Waals surface area contributed by atoms with Crippen LogP contribution in [0.2, 0.25) is 0 Å². The Balaban J connectivity index is 2.11. The first-order chi connectivity index (χ1) is 7.73. The van der Waals surface area contributed by atoms with Crippen molar-refractivity contribution in [3.05, 3.63) is 17.5 Å². The molecular formula is C13H23N3. The van der Waals surface area contributed by atoms with Crippen molar-refractivity contribution in [3.8, 4) is 0 Å². The lowest BCUT2D eigenvalue weighted by Gasteiger charge is -2.14. The van der Waals surface area contributed by atoms with Gasteiger partial charge in [-0.2, -0.15) is 5.10 Å². The van der Waals surface area contributed by atoms with E-state index in [0.717, 1.165) is 19.5 Å². The molecule has 0 spiro atoms. The number of rotatable bonds is 6. The Kier molecular flexibility index (Phi) is 3.33. The summed E-state index contributed by atoms with van der Waals surface area (Å²) >= 11 is 0. The van der Waals surface area contributed by atoms with Crippen LogP contribution in [0.15, 0.2) is 6.07 Å². The largest absolute Gasteiger partial charge is 0.319 e. The van der Waals surface area contributed by atoms with Crippen LogP contribution in [0.5, 0.6) is 0 Å². The molecule has 0 saturated heterocycles. The summed E-state index contributed by atoms with van der Waals surface area (Å²) in [6.45, 7) is 6.48. The number of nitrogens with zero attached hydrogens (tertiary/aromatic N) is 2. The Morgan fingerprint density at radius 2 is 2.19 bits per heavy atom. The molecule has 1 N–H and O–H groups in total. The molecule has 16 heavy (non-hydrogen) atoms. The highest BCUT2D eigenvalue weighted by Gasteiger charge is 2.42. The zero-order valence-electron chi connectivity index (χ0n) is 10.7. The third-order valence-electron chi connectivity index (χ3n) is 3.64. The van der Waals surface area contributed by atoms with E-state index in [0.29, 0.717) is 5.41 Å². The van der Waals surface area contributed by atoms with Gasteiger partial charge in [-0.3, -0.25) is 4.68 Å². The Hall–Kier alpha value is -0.830. The maximum absolute atomic E-state index is 4.62. The molecule has 0 bridgehead atoms. The van der Waals surface area contributed by atoms with Gasteiger partial charge in [0.2, 0.25) is 0 Å². The van der Waals surface area contributed by atoms with Crippen LogP contribution in [-0.4, -0.2) is 23.4 Å². The van der Waals surface area contributed by atoms with E-state index in [1.807, 2.05) is 0 Å². The number of hydrogen-bond acceptors (Lipinski definition) is 2. The Morgan fingerprint density at radius 1 is 1.44 bits per heavy atom. The minimum atomic E-state index is 0.534. The molecule has 3 nitrogen and oxygen atoms in total. The van der Waals surface area contributed by atoms with Gasteiger partial charge >= 0.3 is 0 Å². The van der Waals surface area contributed by atoms with Crippen molar-refractivity contribution in [2.45, 2.75) is 46.1 Å². The fourth-order valence-electron chi connectivity index (χ4n) is 2.46. The standard InChI is InChI=1S/C13H23N3/c1-4-11-8-12(16(5-2)15-11)9-13(6-7-13)10-14-3/h8,14H,4-7,9-10H2,1-3H3. The van der Waals surface area contributed by atoms with Gasteiger partial charge in [-0.05, 0) is 51.1 Å². The normalized spacial score (nSPS) is 17.7. The SMILES string of the molecule is CCc1cc(CC2(CNC)CC2)n(CC)n1. The number of nitrogens with one attached hydrogen (secondary N) is 1. The second-order valence-corrected chi connectivity index (χ2v) is 5.00. The van der Waals surface area contributed by atoms with Crippen LogP contribution in [-0.2, 0) is 19.4 Å². The highest BCUT2D eigenvalue weighted by molar-refractivity contribution is 5.15. The van der Waals surface area contributed by atoms with Crippen molar-refractivity contribution in [1.82, 2.24) is 15.1 Å². The molecule has 2 rings (SSSR count). The molecule has 1 aromatic heterocycles. The molecule has 0 amide bonds. The Labute approximate surface area is 98.2 Å². The van der Waals surface area contributed by atoms with E-state index in [1.54, 1.807) is 0 Å². The fraction of sp³-hybridized carbons (Fsp3) is 0.769. The molecule has 0 aliphatic heterocycles. The summed E-state index contributed by atoms with van der Waals surface area (Å²) in [5, 5.41) is 7.93. The minimum Gasteiger partial charge on any atom is -0.319 e. The first kappa shape index (κ1) is 11.6. The highest BCUT2D eigenvalue weighted by Crippen LogP contribution is 2.47. The van der Waals surface area contributed by atoms with Crippen LogP contribution in [0, 0.1) is 5.41 Å². The molecular weight excluding hydrogens is 198 g/mol. The van der Waals surface area contributed by atoms with Crippen molar-refractivity contribution in [2.24, 2.45) is 5.41 Å². The van der Waals surface area contributed by atoms with Crippen molar-refractivity contribution in [3.63, 3.8) is 0 Å². The van der Waals surface area contributed by atoms with Gasteiger partial charge in [0.15, 0.2) is 0 Å². The maximum Gasteiger partial charge on any atom is 0.0624 e. The van der Waals surface area contributed by atoms with E-state index in [4.69, 9.17) is 0 Å². The second kappa shape index (κ2) is 4.58. The zero-order chi connectivity index (χ0) is 11.6. The average molecular weight is 221 g/mol. The summed E-state index contributed by atoms with van der Waals surface area (Å²) in [6, 6.07) is 2.29. The first-order valence-electron chi connectivity index (χ1n) is 6.43. The molecule has 0 unspecified atom stereocenters. The molecule has 1 aromatic rings. The lowest BCUT2D eigenvalue weighted by molar-refractivity contribution is 0.455. The van der Waals surface area contributed by atoms with Crippen LogP contribution < -0.4 is 5.32 Å². The van der Waals surface area contributed by atoms with Gasteiger partial charge in [0.05, 0.1) is 5.69 Å². The van der Waals surface area contributed by atoms with Crippen molar-refractivity contribution in [1.29, 1.82) is 0 Å². The van der Waals surface area contributed by atoms with Gasteiger partial charge in [-0.15, -0.1) is 0 Å². The van der Waals surface area contributed by atoms with Crippen LogP contribution in [0.25, 0.3) is 0 Å². The molecule has 1 heterocycles. The monoisotopic (exact) mass is 221 g/mol. The van der Waals surface area contributed by atoms with E-state index >= 15 is 0 Å². The van der Waals surface area contributed by atoms with Gasteiger partial charge in [-0.1, -0.05) is 6.92 Å². The van der Waals surface area contributed by atoms with Gasteiger partial charge in [-0.25, -0.2) is 0 Å². The van der Waals surface area contributed by atoms with Crippen LogP contribution >= 0.6 is 0 Å². The third kappa shape index (κ3) is 2.29. The van der Waals surface area contributed by atoms with Gasteiger partial charge in [0.1, 0.15) is 0 Å². The summed E-state index contributed by atoms with van der Waals surface area (Å²) in [5.74, 6) is 0. The topological polar surface area (TPSA) is 29.9 Å². The van der Waals surface area contributed by atoms with Crippen LogP contribution in [0.4, 0.5) is 0 Å². The Morgan fingerprint density at radius 3 is 2.69 bits per heavy atom. The lowest BCUT2D eigenvalue weighted by Crippen LogP contribution is -2.23. The zero-order valence-corrected chi connectivity index (χ0v) is 10.7. The molecule has 3 heteroatoms. The summed E-state index contributed by atoms with van der Waals surface area (Å²) in [7, 11) is 2.05. The van der Waals surface area contributed by atoms with Gasteiger partial charge in [0, 0.05) is 18.8 Å². The highest BCUT2D eigenvalue weighted by atomic mass is 15.3. The van der Waals surface area contributed by atoms with E-state index in [1.165, 1.54) is 30.7 Å². The minimum absolute atomic E-state index is 0.534. The fourth-order valence-corrected chi connectivity index (χ4v) is 2.46. The number of aromatic nitrogens is 2. The van der Waals surface area contributed by atoms with E-state index in [-0.39, 0.29) is 0 Å². The maximum atomic E-state index is 4.62. The van der Waals surface area contributed by atoms with Crippen molar-refractivity contribution >= 4 is 0 Å². The summed E-state index contributed by atoms with van der Waals surface area (Å²) in [4.78, 5) is 0. The molecule has 1 fully saturated rings. The quantitative estimate of drug-likeness (QED) is 0.796. The molecule has 0 aromatic carbocycles. The van der Waals surface area contributed by atoms with E-state index in [2.05, 4.69) is 42.1 Å².